The summed E-state index contributed by atoms with van der Waals surface area (Å²) in [6.45, 7) is 3.37. The number of anilines is 1. The van der Waals surface area contributed by atoms with Crippen LogP contribution in [0.2, 0.25) is 5.02 Å². The molecule has 0 bridgehead atoms. The standard InChI is InChI=1S/C23H30ClN3O5S/c1-16-4-6-18(7-5-16)33(29,30)27-12-9-17(10-13-27)8-11-25-23(28)26-20-14-19(24)21(31-2)15-22(20)32-3/h4-7,14-15,17H,8-13H2,1-3H3,(H2,25,26,28). The summed E-state index contributed by atoms with van der Waals surface area (Å²) in [7, 11) is -0.464. The topological polar surface area (TPSA) is 97.0 Å². The average molecular weight is 496 g/mol. The lowest BCUT2D eigenvalue weighted by Gasteiger charge is -2.31. The number of carbonyl (C=O) groups excluding carboxylic acids is 1. The van der Waals surface area contributed by atoms with E-state index < -0.39 is 10.0 Å². The third-order valence-corrected chi connectivity index (χ3v) is 8.00. The normalized spacial score (nSPS) is 15.2. The maximum absolute atomic E-state index is 12.8. The van der Waals surface area contributed by atoms with Crippen LogP contribution < -0.4 is 20.1 Å². The number of aryl methyl sites for hydroxylation is 1. The Balaban J connectivity index is 1.45. The minimum atomic E-state index is -3.46. The maximum Gasteiger partial charge on any atom is 0.319 e. The first-order valence-corrected chi connectivity index (χ1v) is 12.6. The molecule has 2 aromatic rings. The van der Waals surface area contributed by atoms with Gasteiger partial charge < -0.3 is 20.1 Å². The van der Waals surface area contributed by atoms with Crippen LogP contribution in [0.1, 0.15) is 24.8 Å². The monoisotopic (exact) mass is 495 g/mol. The summed E-state index contributed by atoms with van der Waals surface area (Å²) in [6, 6.07) is 9.75. The lowest BCUT2D eigenvalue weighted by atomic mass is 9.95. The van der Waals surface area contributed by atoms with Crippen molar-refractivity contribution in [2.24, 2.45) is 5.92 Å². The molecule has 0 unspecified atom stereocenters. The third kappa shape index (κ3) is 6.31. The fourth-order valence-electron chi connectivity index (χ4n) is 3.81. The summed E-state index contributed by atoms with van der Waals surface area (Å²) in [4.78, 5) is 12.6. The summed E-state index contributed by atoms with van der Waals surface area (Å²) in [5.74, 6) is 1.24. The van der Waals surface area contributed by atoms with Gasteiger partial charge in [-0.25, -0.2) is 13.2 Å². The number of rotatable bonds is 8. The Labute approximate surface area is 200 Å². The van der Waals surface area contributed by atoms with Gasteiger partial charge in [0.15, 0.2) is 0 Å². The van der Waals surface area contributed by atoms with Gasteiger partial charge in [-0.15, -0.1) is 0 Å². The summed E-state index contributed by atoms with van der Waals surface area (Å²) >= 11 is 6.14. The summed E-state index contributed by atoms with van der Waals surface area (Å²) < 4.78 is 37.7. The molecule has 1 saturated heterocycles. The number of methoxy groups -OCH3 is 2. The van der Waals surface area contributed by atoms with Crippen LogP contribution in [0.3, 0.4) is 0 Å². The Bertz CT molecular complexity index is 1070. The van der Waals surface area contributed by atoms with Gasteiger partial charge in [-0.3, -0.25) is 0 Å². The average Bonchev–Trinajstić information content (AvgIpc) is 2.80. The minimum Gasteiger partial charge on any atom is -0.495 e. The highest BCUT2D eigenvalue weighted by atomic mass is 35.5. The number of amides is 2. The molecule has 33 heavy (non-hydrogen) atoms. The van der Waals surface area contributed by atoms with Crippen molar-refractivity contribution in [1.82, 2.24) is 9.62 Å². The number of hydrogen-bond acceptors (Lipinski definition) is 5. The van der Waals surface area contributed by atoms with E-state index in [2.05, 4.69) is 10.6 Å². The minimum absolute atomic E-state index is 0.332. The predicted molar refractivity (Wildman–Crippen MR) is 129 cm³/mol. The van der Waals surface area contributed by atoms with Crippen molar-refractivity contribution in [3.05, 3.63) is 47.0 Å². The number of hydrogen-bond donors (Lipinski definition) is 2. The molecular weight excluding hydrogens is 466 g/mol. The van der Waals surface area contributed by atoms with Crippen molar-refractivity contribution in [3.8, 4) is 11.5 Å². The second kappa shape index (κ2) is 11.1. The quantitative estimate of drug-likeness (QED) is 0.569. The van der Waals surface area contributed by atoms with Crippen LogP contribution in [0.4, 0.5) is 10.5 Å². The van der Waals surface area contributed by atoms with Gasteiger partial charge in [0.05, 0.1) is 29.8 Å². The fraction of sp³-hybridized carbons (Fsp3) is 0.435. The van der Waals surface area contributed by atoms with E-state index >= 15 is 0 Å². The van der Waals surface area contributed by atoms with Crippen molar-refractivity contribution in [2.45, 2.75) is 31.1 Å². The van der Waals surface area contributed by atoms with E-state index in [4.69, 9.17) is 21.1 Å². The third-order valence-electron chi connectivity index (χ3n) is 5.79. The summed E-state index contributed by atoms with van der Waals surface area (Å²) in [5.41, 5.74) is 1.47. The van der Waals surface area contributed by atoms with Crippen molar-refractivity contribution < 1.29 is 22.7 Å². The molecule has 0 radical (unpaired) electrons. The first-order chi connectivity index (χ1) is 15.7. The Morgan fingerprint density at radius 1 is 1.09 bits per heavy atom. The molecule has 10 heteroatoms. The molecule has 2 amide bonds. The highest BCUT2D eigenvalue weighted by Gasteiger charge is 2.29. The van der Waals surface area contributed by atoms with Gasteiger partial charge in [-0.05, 0) is 50.3 Å². The number of halogens is 1. The van der Waals surface area contributed by atoms with Crippen LogP contribution in [0.5, 0.6) is 11.5 Å². The smallest absolute Gasteiger partial charge is 0.319 e. The lowest BCUT2D eigenvalue weighted by Crippen LogP contribution is -2.39. The molecule has 0 atom stereocenters. The van der Waals surface area contributed by atoms with E-state index in [0.717, 1.165) is 24.8 Å². The van der Waals surface area contributed by atoms with E-state index in [0.29, 0.717) is 52.7 Å². The second-order valence-electron chi connectivity index (χ2n) is 8.02. The zero-order valence-electron chi connectivity index (χ0n) is 19.1. The Kier molecular flexibility index (Phi) is 8.45. The molecule has 1 fully saturated rings. The molecule has 0 spiro atoms. The van der Waals surface area contributed by atoms with E-state index in [1.54, 1.807) is 28.6 Å². The SMILES string of the molecule is COc1cc(OC)c(NC(=O)NCCC2CCN(S(=O)(=O)c3ccc(C)cc3)CC2)cc1Cl. The Morgan fingerprint density at radius 2 is 1.73 bits per heavy atom. The van der Waals surface area contributed by atoms with Crippen molar-refractivity contribution >= 4 is 33.3 Å². The number of carbonyl (C=O) groups is 1. The molecule has 0 aromatic heterocycles. The first-order valence-electron chi connectivity index (χ1n) is 10.8. The van der Waals surface area contributed by atoms with Gasteiger partial charge in [0.25, 0.3) is 0 Å². The fourth-order valence-corrected chi connectivity index (χ4v) is 5.52. The van der Waals surface area contributed by atoms with Crippen LogP contribution >= 0.6 is 11.6 Å². The van der Waals surface area contributed by atoms with Crippen LogP contribution in [0.15, 0.2) is 41.3 Å². The van der Waals surface area contributed by atoms with Crippen molar-refractivity contribution in [2.75, 3.05) is 39.2 Å². The molecule has 1 aliphatic heterocycles. The molecule has 0 aliphatic carbocycles. The van der Waals surface area contributed by atoms with Crippen molar-refractivity contribution in [1.29, 1.82) is 0 Å². The van der Waals surface area contributed by atoms with Gasteiger partial charge in [0, 0.05) is 25.7 Å². The second-order valence-corrected chi connectivity index (χ2v) is 10.4. The molecule has 1 aliphatic rings. The summed E-state index contributed by atoms with van der Waals surface area (Å²) in [5, 5.41) is 5.94. The van der Waals surface area contributed by atoms with Gasteiger partial charge in [0.2, 0.25) is 10.0 Å². The lowest BCUT2D eigenvalue weighted by molar-refractivity contribution is 0.245. The summed E-state index contributed by atoms with van der Waals surface area (Å²) in [6.07, 6.45) is 2.29. The molecule has 1 heterocycles. The largest absolute Gasteiger partial charge is 0.495 e. The van der Waals surface area contributed by atoms with Gasteiger partial charge >= 0.3 is 6.03 Å². The number of ether oxygens (including phenoxy) is 2. The van der Waals surface area contributed by atoms with Gasteiger partial charge in [-0.1, -0.05) is 29.3 Å². The highest BCUT2D eigenvalue weighted by molar-refractivity contribution is 7.89. The van der Waals surface area contributed by atoms with Gasteiger partial charge in [0.1, 0.15) is 11.5 Å². The van der Waals surface area contributed by atoms with E-state index in [1.165, 1.54) is 14.2 Å². The van der Waals surface area contributed by atoms with E-state index in [1.807, 2.05) is 19.1 Å². The molecule has 8 nitrogen and oxygen atoms in total. The number of sulfonamides is 1. The molecule has 0 saturated carbocycles. The van der Waals surface area contributed by atoms with Crippen LogP contribution in [0.25, 0.3) is 0 Å². The van der Waals surface area contributed by atoms with E-state index in [-0.39, 0.29) is 6.03 Å². The number of benzene rings is 2. The molecule has 2 N–H and O–H groups in total. The predicted octanol–water partition coefficient (Wildman–Crippen LogP) is 4.28. The van der Waals surface area contributed by atoms with Crippen molar-refractivity contribution in [3.63, 3.8) is 0 Å². The number of piperidine rings is 1. The highest BCUT2D eigenvalue weighted by Crippen LogP contribution is 2.35. The van der Waals surface area contributed by atoms with Gasteiger partial charge in [-0.2, -0.15) is 4.31 Å². The van der Waals surface area contributed by atoms with Crippen LogP contribution in [-0.4, -0.2) is 52.6 Å². The van der Waals surface area contributed by atoms with Crippen LogP contribution in [-0.2, 0) is 10.0 Å². The van der Waals surface area contributed by atoms with Crippen LogP contribution in [0, 0.1) is 12.8 Å². The Morgan fingerprint density at radius 3 is 2.33 bits per heavy atom. The first kappa shape index (κ1) is 25.1. The zero-order valence-corrected chi connectivity index (χ0v) is 20.6. The molecule has 3 rings (SSSR count). The molecule has 180 valence electrons. The zero-order chi connectivity index (χ0) is 24.0. The molecular formula is C23H30ClN3O5S. The van der Waals surface area contributed by atoms with E-state index in [9.17, 15) is 13.2 Å². The Hall–Kier alpha value is -2.49. The number of nitrogens with zero attached hydrogens (tertiary/aromatic N) is 1. The number of urea groups is 1. The molecule has 2 aromatic carbocycles. The number of nitrogens with one attached hydrogen (secondary N) is 2. The maximum atomic E-state index is 12.8.